The van der Waals surface area contributed by atoms with E-state index in [2.05, 4.69) is 27.9 Å². The number of likely N-dealkylation sites (tertiary alicyclic amines) is 1. The number of ether oxygens (including phenoxy) is 1. The Morgan fingerprint density at radius 1 is 1.58 bits per heavy atom. The molecular weight excluding hydrogens is 324 g/mol. The van der Waals surface area contributed by atoms with E-state index in [1.165, 1.54) is 19.4 Å². The molecule has 1 heterocycles. The Kier molecular flexibility index (Phi) is 5.19. The number of nitrogens with zero attached hydrogens (tertiary/aromatic N) is 1. The fraction of sp³-hybridized carbons (Fsp3) is 0.500. The van der Waals surface area contributed by atoms with Crippen LogP contribution in [-0.4, -0.2) is 36.1 Å². The van der Waals surface area contributed by atoms with Gasteiger partial charge in [-0.05, 0) is 51.1 Å². The van der Waals surface area contributed by atoms with Gasteiger partial charge in [-0.1, -0.05) is 28.1 Å². The van der Waals surface area contributed by atoms with E-state index in [9.17, 15) is 0 Å². The van der Waals surface area contributed by atoms with Crippen molar-refractivity contribution in [2.75, 3.05) is 20.2 Å². The second-order valence-electron chi connectivity index (χ2n) is 4.92. The lowest BCUT2D eigenvalue weighted by Crippen LogP contribution is -2.26. The average molecular weight is 343 g/mol. The van der Waals surface area contributed by atoms with E-state index < -0.39 is 0 Å². The van der Waals surface area contributed by atoms with Crippen LogP contribution in [0.15, 0.2) is 22.7 Å². The Labute approximate surface area is 128 Å². The molecule has 2 rings (SSSR count). The highest BCUT2D eigenvalue weighted by atomic mass is 79.9. The molecule has 0 aromatic heterocycles. The third-order valence-electron chi connectivity index (χ3n) is 3.59. The molecule has 1 unspecified atom stereocenters. The van der Waals surface area contributed by atoms with Gasteiger partial charge in [-0.15, -0.1) is 0 Å². The predicted octanol–water partition coefficient (Wildman–Crippen LogP) is 2.95. The lowest BCUT2D eigenvalue weighted by molar-refractivity contribution is 0.233. The number of halogens is 1. The number of hydrogen-bond donors (Lipinski definition) is 1. The zero-order chi connectivity index (χ0) is 13.8. The van der Waals surface area contributed by atoms with Crippen LogP contribution >= 0.6 is 28.1 Å². The Balaban J connectivity index is 1.95. The summed E-state index contributed by atoms with van der Waals surface area (Å²) in [6, 6.07) is 6.38. The first kappa shape index (κ1) is 14.8. The molecule has 0 aliphatic carbocycles. The third-order valence-corrected chi connectivity index (χ3v) is 4.30. The van der Waals surface area contributed by atoms with Crippen molar-refractivity contribution >= 4 is 33.1 Å². The lowest BCUT2D eigenvalue weighted by Gasteiger charge is -2.19. The van der Waals surface area contributed by atoms with Crippen LogP contribution in [-0.2, 0) is 0 Å². The van der Waals surface area contributed by atoms with Gasteiger partial charge in [0.1, 0.15) is 10.7 Å². The van der Waals surface area contributed by atoms with Crippen LogP contribution in [0.25, 0.3) is 0 Å². The minimum atomic E-state index is 0.375. The number of thiocarbonyl (C=S) groups is 1. The molecular formula is C14H19BrN2OS. The van der Waals surface area contributed by atoms with Crippen molar-refractivity contribution in [3.8, 4) is 5.75 Å². The molecule has 1 aliphatic rings. The first-order valence-electron chi connectivity index (χ1n) is 6.50. The highest BCUT2D eigenvalue weighted by molar-refractivity contribution is 9.10. The molecule has 3 nitrogen and oxygen atoms in total. The lowest BCUT2D eigenvalue weighted by atomic mass is 10.1. The molecule has 5 heteroatoms. The molecule has 1 aromatic carbocycles. The number of hydrogen-bond acceptors (Lipinski definition) is 3. The third kappa shape index (κ3) is 3.91. The zero-order valence-corrected chi connectivity index (χ0v) is 13.5. The average Bonchev–Trinajstić information content (AvgIpc) is 2.75. The summed E-state index contributed by atoms with van der Waals surface area (Å²) in [4.78, 5) is 2.78. The number of benzene rings is 1. The SMILES string of the molecule is CN1CCCC1CCOc1cc(Br)ccc1C(N)=S. The van der Waals surface area contributed by atoms with Crippen LogP contribution in [0, 0.1) is 0 Å². The second kappa shape index (κ2) is 6.68. The zero-order valence-electron chi connectivity index (χ0n) is 11.1. The predicted molar refractivity (Wildman–Crippen MR) is 85.8 cm³/mol. The summed E-state index contributed by atoms with van der Waals surface area (Å²) in [5.41, 5.74) is 6.51. The van der Waals surface area contributed by atoms with Gasteiger partial charge in [-0.25, -0.2) is 0 Å². The highest BCUT2D eigenvalue weighted by Crippen LogP contribution is 2.25. The highest BCUT2D eigenvalue weighted by Gasteiger charge is 2.20. The second-order valence-corrected chi connectivity index (χ2v) is 6.27. The van der Waals surface area contributed by atoms with Gasteiger partial charge in [-0.3, -0.25) is 0 Å². The van der Waals surface area contributed by atoms with Crippen LogP contribution in [0.1, 0.15) is 24.8 Å². The van der Waals surface area contributed by atoms with Gasteiger partial charge in [0.25, 0.3) is 0 Å². The van der Waals surface area contributed by atoms with Crippen LogP contribution < -0.4 is 10.5 Å². The van der Waals surface area contributed by atoms with Crippen molar-refractivity contribution in [1.82, 2.24) is 4.90 Å². The fourth-order valence-corrected chi connectivity index (χ4v) is 2.98. The summed E-state index contributed by atoms with van der Waals surface area (Å²) >= 11 is 8.48. The topological polar surface area (TPSA) is 38.5 Å². The Morgan fingerprint density at radius 3 is 3.00 bits per heavy atom. The first-order valence-corrected chi connectivity index (χ1v) is 7.70. The standard InChI is InChI=1S/C14H19BrN2OS/c1-17-7-2-3-11(17)6-8-18-13-9-10(15)4-5-12(13)14(16)19/h4-5,9,11H,2-3,6-8H2,1H3,(H2,16,19). The fourth-order valence-electron chi connectivity index (χ4n) is 2.47. The molecule has 0 amide bonds. The molecule has 104 valence electrons. The van der Waals surface area contributed by atoms with Crippen molar-refractivity contribution in [1.29, 1.82) is 0 Å². The first-order chi connectivity index (χ1) is 9.08. The molecule has 1 aromatic rings. The molecule has 19 heavy (non-hydrogen) atoms. The summed E-state index contributed by atoms with van der Waals surface area (Å²) < 4.78 is 6.84. The smallest absolute Gasteiger partial charge is 0.130 e. The quantitative estimate of drug-likeness (QED) is 0.835. The van der Waals surface area contributed by atoms with Gasteiger partial charge in [0.05, 0.1) is 12.2 Å². The van der Waals surface area contributed by atoms with Gasteiger partial charge in [0, 0.05) is 10.5 Å². The summed E-state index contributed by atoms with van der Waals surface area (Å²) in [6.07, 6.45) is 3.59. The van der Waals surface area contributed by atoms with E-state index >= 15 is 0 Å². The minimum Gasteiger partial charge on any atom is -0.493 e. The normalized spacial score (nSPS) is 19.6. The monoisotopic (exact) mass is 342 g/mol. The van der Waals surface area contributed by atoms with Crippen LogP contribution in [0.3, 0.4) is 0 Å². The Morgan fingerprint density at radius 2 is 2.37 bits per heavy atom. The maximum absolute atomic E-state index is 5.87. The Hall–Kier alpha value is -0.650. The molecule has 1 aliphatic heterocycles. The van der Waals surface area contributed by atoms with Gasteiger partial charge >= 0.3 is 0 Å². The molecule has 0 radical (unpaired) electrons. The van der Waals surface area contributed by atoms with Crippen LogP contribution in [0.5, 0.6) is 5.75 Å². The van der Waals surface area contributed by atoms with E-state index in [0.29, 0.717) is 17.6 Å². The van der Waals surface area contributed by atoms with Crippen LogP contribution in [0.2, 0.25) is 0 Å². The van der Waals surface area contributed by atoms with Crippen molar-refractivity contribution in [3.63, 3.8) is 0 Å². The molecule has 1 fully saturated rings. The molecule has 0 saturated carbocycles. The number of rotatable bonds is 5. The summed E-state index contributed by atoms with van der Waals surface area (Å²) in [5, 5.41) is 0. The largest absolute Gasteiger partial charge is 0.493 e. The molecule has 1 atom stereocenters. The van der Waals surface area contributed by atoms with Crippen molar-refractivity contribution in [2.45, 2.75) is 25.3 Å². The summed E-state index contributed by atoms with van der Waals surface area (Å²) in [6.45, 7) is 1.89. The van der Waals surface area contributed by atoms with E-state index in [0.717, 1.165) is 22.2 Å². The van der Waals surface area contributed by atoms with Crippen LogP contribution in [0.4, 0.5) is 0 Å². The van der Waals surface area contributed by atoms with Gasteiger partial charge in [0.15, 0.2) is 0 Å². The van der Waals surface area contributed by atoms with Gasteiger partial charge in [0.2, 0.25) is 0 Å². The van der Waals surface area contributed by atoms with E-state index in [1.807, 2.05) is 18.2 Å². The van der Waals surface area contributed by atoms with E-state index in [-0.39, 0.29) is 0 Å². The summed E-state index contributed by atoms with van der Waals surface area (Å²) in [7, 11) is 2.18. The number of nitrogens with two attached hydrogens (primary N) is 1. The van der Waals surface area contributed by atoms with Gasteiger partial charge < -0.3 is 15.4 Å². The molecule has 1 saturated heterocycles. The maximum atomic E-state index is 5.87. The maximum Gasteiger partial charge on any atom is 0.130 e. The van der Waals surface area contributed by atoms with E-state index in [1.54, 1.807) is 0 Å². The molecule has 0 spiro atoms. The van der Waals surface area contributed by atoms with Crippen molar-refractivity contribution in [2.24, 2.45) is 5.73 Å². The molecule has 0 bridgehead atoms. The van der Waals surface area contributed by atoms with Crippen molar-refractivity contribution < 1.29 is 4.74 Å². The van der Waals surface area contributed by atoms with E-state index in [4.69, 9.17) is 22.7 Å². The Bertz CT molecular complexity index is 467. The van der Waals surface area contributed by atoms with Crippen molar-refractivity contribution in [3.05, 3.63) is 28.2 Å². The minimum absolute atomic E-state index is 0.375. The molecule has 2 N–H and O–H groups in total. The summed E-state index contributed by atoms with van der Waals surface area (Å²) in [5.74, 6) is 0.766. The van der Waals surface area contributed by atoms with Gasteiger partial charge in [-0.2, -0.15) is 0 Å².